The SMILES string of the molecule is CC1CN(C)CCC1Nc1nc(N)nc(N(C)C)n1. The molecule has 1 aromatic rings. The van der Waals surface area contributed by atoms with Crippen LogP contribution in [0.1, 0.15) is 13.3 Å². The van der Waals surface area contributed by atoms with Crippen LogP contribution in [-0.4, -0.2) is 60.1 Å². The lowest BCUT2D eigenvalue weighted by Gasteiger charge is -2.35. The molecule has 106 valence electrons. The van der Waals surface area contributed by atoms with Crippen LogP contribution in [0.3, 0.4) is 0 Å². The molecule has 1 fully saturated rings. The summed E-state index contributed by atoms with van der Waals surface area (Å²) in [5, 5.41) is 3.39. The third kappa shape index (κ3) is 3.44. The number of piperidine rings is 1. The number of hydrogen-bond acceptors (Lipinski definition) is 7. The molecule has 0 aromatic carbocycles. The molecule has 0 aliphatic carbocycles. The number of nitrogens with one attached hydrogen (secondary N) is 1. The van der Waals surface area contributed by atoms with Gasteiger partial charge in [0, 0.05) is 26.7 Å². The van der Waals surface area contributed by atoms with E-state index in [1.807, 2.05) is 19.0 Å². The molecule has 0 saturated carbocycles. The standard InChI is InChI=1S/C12H23N7/c1-8-7-19(4)6-5-9(8)14-11-15-10(13)16-12(17-11)18(2)3/h8-9H,5-7H2,1-4H3,(H3,13,14,15,16,17). The quantitative estimate of drug-likeness (QED) is 0.811. The molecular weight excluding hydrogens is 242 g/mol. The van der Waals surface area contributed by atoms with Gasteiger partial charge < -0.3 is 20.9 Å². The van der Waals surface area contributed by atoms with Crippen molar-refractivity contribution in [2.75, 3.05) is 50.2 Å². The molecule has 19 heavy (non-hydrogen) atoms. The number of rotatable bonds is 3. The van der Waals surface area contributed by atoms with Crippen molar-refractivity contribution in [2.45, 2.75) is 19.4 Å². The Kier molecular flexibility index (Phi) is 4.04. The minimum absolute atomic E-state index is 0.252. The minimum Gasteiger partial charge on any atom is -0.368 e. The van der Waals surface area contributed by atoms with Crippen LogP contribution in [0.5, 0.6) is 0 Å². The van der Waals surface area contributed by atoms with Crippen molar-refractivity contribution >= 4 is 17.8 Å². The van der Waals surface area contributed by atoms with E-state index in [4.69, 9.17) is 5.73 Å². The molecule has 7 heteroatoms. The summed E-state index contributed by atoms with van der Waals surface area (Å²) >= 11 is 0. The Morgan fingerprint density at radius 2 is 2.05 bits per heavy atom. The largest absolute Gasteiger partial charge is 0.368 e. The van der Waals surface area contributed by atoms with E-state index in [-0.39, 0.29) is 5.95 Å². The van der Waals surface area contributed by atoms with E-state index in [1.54, 1.807) is 0 Å². The van der Waals surface area contributed by atoms with Gasteiger partial charge in [0.25, 0.3) is 0 Å². The number of nitrogens with zero attached hydrogens (tertiary/aromatic N) is 5. The molecule has 0 spiro atoms. The molecule has 1 aromatic heterocycles. The fourth-order valence-electron chi connectivity index (χ4n) is 2.38. The van der Waals surface area contributed by atoms with Gasteiger partial charge in [0.2, 0.25) is 17.8 Å². The maximum absolute atomic E-state index is 5.72. The molecule has 2 unspecified atom stereocenters. The number of likely N-dealkylation sites (tertiary alicyclic amines) is 1. The van der Waals surface area contributed by atoms with E-state index >= 15 is 0 Å². The highest BCUT2D eigenvalue weighted by molar-refractivity contribution is 5.41. The molecule has 3 N–H and O–H groups in total. The highest BCUT2D eigenvalue weighted by Gasteiger charge is 2.24. The van der Waals surface area contributed by atoms with Crippen LogP contribution < -0.4 is 16.0 Å². The van der Waals surface area contributed by atoms with E-state index in [0.29, 0.717) is 23.9 Å². The highest BCUT2D eigenvalue weighted by atomic mass is 15.3. The van der Waals surface area contributed by atoms with Crippen LogP contribution in [0.25, 0.3) is 0 Å². The summed E-state index contributed by atoms with van der Waals surface area (Å²) < 4.78 is 0. The normalized spacial score (nSPS) is 24.2. The summed E-state index contributed by atoms with van der Waals surface area (Å²) in [6.07, 6.45) is 1.08. The van der Waals surface area contributed by atoms with Gasteiger partial charge in [0.05, 0.1) is 0 Å². The van der Waals surface area contributed by atoms with E-state index in [0.717, 1.165) is 19.5 Å². The second-order valence-electron chi connectivity index (χ2n) is 5.49. The van der Waals surface area contributed by atoms with Gasteiger partial charge in [-0.3, -0.25) is 0 Å². The first-order valence-corrected chi connectivity index (χ1v) is 6.59. The minimum atomic E-state index is 0.252. The highest BCUT2D eigenvalue weighted by Crippen LogP contribution is 2.19. The van der Waals surface area contributed by atoms with Crippen molar-refractivity contribution in [1.82, 2.24) is 19.9 Å². The molecular formula is C12H23N7. The maximum Gasteiger partial charge on any atom is 0.231 e. The Morgan fingerprint density at radius 1 is 1.32 bits per heavy atom. The average molecular weight is 265 g/mol. The van der Waals surface area contributed by atoms with Gasteiger partial charge in [-0.25, -0.2) is 0 Å². The summed E-state index contributed by atoms with van der Waals surface area (Å²) in [5.41, 5.74) is 5.72. The Morgan fingerprint density at radius 3 is 2.68 bits per heavy atom. The van der Waals surface area contributed by atoms with Crippen LogP contribution >= 0.6 is 0 Å². The molecule has 0 radical (unpaired) electrons. The lowest BCUT2D eigenvalue weighted by Crippen LogP contribution is -2.43. The van der Waals surface area contributed by atoms with Gasteiger partial charge in [-0.2, -0.15) is 15.0 Å². The van der Waals surface area contributed by atoms with Crippen molar-refractivity contribution in [3.05, 3.63) is 0 Å². The number of nitrogen functional groups attached to an aromatic ring is 1. The summed E-state index contributed by atoms with van der Waals surface area (Å²) in [6.45, 7) is 4.41. The van der Waals surface area contributed by atoms with Crippen molar-refractivity contribution in [1.29, 1.82) is 0 Å². The topological polar surface area (TPSA) is 83.2 Å². The second kappa shape index (κ2) is 5.56. The van der Waals surface area contributed by atoms with Gasteiger partial charge >= 0.3 is 0 Å². The Hall–Kier alpha value is -1.63. The van der Waals surface area contributed by atoms with E-state index in [2.05, 4.69) is 39.1 Å². The van der Waals surface area contributed by atoms with Crippen molar-refractivity contribution in [3.63, 3.8) is 0 Å². The first kappa shape index (κ1) is 13.8. The third-order valence-electron chi connectivity index (χ3n) is 3.46. The number of aromatic nitrogens is 3. The van der Waals surface area contributed by atoms with E-state index < -0.39 is 0 Å². The van der Waals surface area contributed by atoms with Crippen LogP contribution in [0, 0.1) is 5.92 Å². The first-order chi connectivity index (χ1) is 8.95. The molecule has 2 rings (SSSR count). The zero-order valence-corrected chi connectivity index (χ0v) is 12.1. The molecule has 7 nitrogen and oxygen atoms in total. The molecule has 2 atom stereocenters. The number of anilines is 3. The van der Waals surface area contributed by atoms with Crippen molar-refractivity contribution in [3.8, 4) is 0 Å². The lowest BCUT2D eigenvalue weighted by atomic mass is 9.94. The third-order valence-corrected chi connectivity index (χ3v) is 3.46. The van der Waals surface area contributed by atoms with Gasteiger partial charge in [0.15, 0.2) is 0 Å². The second-order valence-corrected chi connectivity index (χ2v) is 5.49. The van der Waals surface area contributed by atoms with Gasteiger partial charge in [0.1, 0.15) is 0 Å². The molecule has 2 heterocycles. The predicted molar refractivity (Wildman–Crippen MR) is 77.3 cm³/mol. The van der Waals surface area contributed by atoms with Crippen molar-refractivity contribution < 1.29 is 0 Å². The monoisotopic (exact) mass is 265 g/mol. The molecule has 0 amide bonds. The number of nitrogens with two attached hydrogens (primary N) is 1. The fourth-order valence-corrected chi connectivity index (χ4v) is 2.38. The molecule has 1 aliphatic rings. The lowest BCUT2D eigenvalue weighted by molar-refractivity contribution is 0.206. The van der Waals surface area contributed by atoms with E-state index in [1.165, 1.54) is 0 Å². The van der Waals surface area contributed by atoms with Crippen LogP contribution in [0.15, 0.2) is 0 Å². The average Bonchev–Trinajstić information content (AvgIpc) is 2.32. The van der Waals surface area contributed by atoms with Crippen LogP contribution in [0.2, 0.25) is 0 Å². The van der Waals surface area contributed by atoms with Gasteiger partial charge in [-0.15, -0.1) is 0 Å². The molecule has 1 saturated heterocycles. The summed E-state index contributed by atoms with van der Waals surface area (Å²) in [6, 6.07) is 0.382. The Labute approximate surface area is 114 Å². The smallest absolute Gasteiger partial charge is 0.231 e. The van der Waals surface area contributed by atoms with Crippen LogP contribution in [0.4, 0.5) is 17.8 Å². The summed E-state index contributed by atoms with van der Waals surface area (Å²) in [5.74, 6) is 1.95. The Balaban J connectivity index is 2.10. The fraction of sp³-hybridized carbons (Fsp3) is 0.750. The van der Waals surface area contributed by atoms with Gasteiger partial charge in [-0.05, 0) is 25.9 Å². The number of hydrogen-bond donors (Lipinski definition) is 2. The van der Waals surface area contributed by atoms with E-state index in [9.17, 15) is 0 Å². The predicted octanol–water partition coefficient (Wildman–Crippen LogP) is 0.272. The first-order valence-electron chi connectivity index (χ1n) is 6.59. The van der Waals surface area contributed by atoms with Crippen LogP contribution in [-0.2, 0) is 0 Å². The summed E-state index contributed by atoms with van der Waals surface area (Å²) in [7, 11) is 5.92. The maximum atomic E-state index is 5.72. The zero-order valence-electron chi connectivity index (χ0n) is 12.1. The van der Waals surface area contributed by atoms with Crippen molar-refractivity contribution in [2.24, 2.45) is 5.92 Å². The summed E-state index contributed by atoms with van der Waals surface area (Å²) in [4.78, 5) is 16.8. The zero-order chi connectivity index (χ0) is 14.0. The van der Waals surface area contributed by atoms with Gasteiger partial charge in [-0.1, -0.05) is 6.92 Å². The molecule has 0 bridgehead atoms. The Bertz CT molecular complexity index is 434. The molecule has 1 aliphatic heterocycles.